The summed E-state index contributed by atoms with van der Waals surface area (Å²) >= 11 is 0. The number of amides is 1. The van der Waals surface area contributed by atoms with Crippen molar-refractivity contribution < 1.29 is 24.1 Å². The molecule has 0 aromatic heterocycles. The lowest BCUT2D eigenvalue weighted by Gasteiger charge is -2.28. The zero-order chi connectivity index (χ0) is 26.8. The highest BCUT2D eigenvalue weighted by molar-refractivity contribution is 5.94. The second-order valence-corrected chi connectivity index (χ2v) is 10.5. The minimum atomic E-state index is -0.712. The first-order valence-electron chi connectivity index (χ1n) is 13.4. The molecule has 0 aliphatic heterocycles. The Morgan fingerprint density at radius 3 is 2.47 bits per heavy atom. The SMILES string of the molecule is COCCCOc1cc(CC(CC(N)C(O)Cc2ccccc2NC(=O)C2CC2)C(C)C)ccc1OC.Cl. The molecule has 0 radical (unpaired) electrons. The number of methoxy groups -OCH3 is 2. The van der Waals surface area contributed by atoms with E-state index in [-0.39, 0.29) is 36.2 Å². The van der Waals surface area contributed by atoms with Gasteiger partial charge >= 0.3 is 0 Å². The summed E-state index contributed by atoms with van der Waals surface area (Å²) in [4.78, 5) is 12.3. The maximum atomic E-state index is 12.3. The number of hydrogen-bond donors (Lipinski definition) is 3. The summed E-state index contributed by atoms with van der Waals surface area (Å²) in [6, 6.07) is 13.3. The summed E-state index contributed by atoms with van der Waals surface area (Å²) in [5.74, 6) is 2.30. The highest BCUT2D eigenvalue weighted by Crippen LogP contribution is 2.32. The molecule has 1 saturated carbocycles. The number of hydrogen-bond acceptors (Lipinski definition) is 6. The van der Waals surface area contributed by atoms with E-state index in [0.29, 0.717) is 37.7 Å². The minimum absolute atomic E-state index is 0. The van der Waals surface area contributed by atoms with E-state index in [0.717, 1.165) is 48.2 Å². The Balaban J connectivity index is 0.00000507. The van der Waals surface area contributed by atoms with E-state index in [4.69, 9.17) is 19.9 Å². The van der Waals surface area contributed by atoms with E-state index in [1.807, 2.05) is 36.4 Å². The lowest BCUT2D eigenvalue weighted by atomic mass is 9.82. The molecule has 2 aromatic rings. The molecule has 1 fully saturated rings. The maximum absolute atomic E-state index is 12.3. The molecule has 4 N–H and O–H groups in total. The summed E-state index contributed by atoms with van der Waals surface area (Å²) in [7, 11) is 3.32. The van der Waals surface area contributed by atoms with Gasteiger partial charge in [-0.2, -0.15) is 0 Å². The van der Waals surface area contributed by atoms with Gasteiger partial charge in [0.15, 0.2) is 11.5 Å². The zero-order valence-corrected chi connectivity index (χ0v) is 24.0. The Morgan fingerprint density at radius 1 is 1.08 bits per heavy atom. The van der Waals surface area contributed by atoms with Crippen molar-refractivity contribution in [3.63, 3.8) is 0 Å². The van der Waals surface area contributed by atoms with Crippen LogP contribution in [-0.4, -0.2) is 50.6 Å². The molecule has 3 unspecified atom stereocenters. The van der Waals surface area contributed by atoms with Crippen molar-refractivity contribution in [1.82, 2.24) is 0 Å². The molecular weight excluding hydrogens is 504 g/mol. The van der Waals surface area contributed by atoms with Gasteiger partial charge in [0.2, 0.25) is 5.91 Å². The van der Waals surface area contributed by atoms with Gasteiger partial charge in [-0.15, -0.1) is 12.4 Å². The van der Waals surface area contributed by atoms with Crippen LogP contribution in [0.4, 0.5) is 5.69 Å². The van der Waals surface area contributed by atoms with Crippen molar-refractivity contribution in [3.8, 4) is 11.5 Å². The fourth-order valence-electron chi connectivity index (χ4n) is 4.52. The van der Waals surface area contributed by atoms with Gasteiger partial charge in [-0.3, -0.25) is 4.79 Å². The van der Waals surface area contributed by atoms with Crippen LogP contribution in [0.15, 0.2) is 42.5 Å². The number of carbonyl (C=O) groups is 1. The van der Waals surface area contributed by atoms with Gasteiger partial charge in [0.1, 0.15) is 0 Å². The van der Waals surface area contributed by atoms with E-state index in [9.17, 15) is 9.90 Å². The summed E-state index contributed by atoms with van der Waals surface area (Å²) in [6.45, 7) is 5.59. The number of rotatable bonds is 16. The van der Waals surface area contributed by atoms with Crippen LogP contribution in [0.3, 0.4) is 0 Å². The molecule has 7 nitrogen and oxygen atoms in total. The number of aliphatic hydroxyl groups excluding tert-OH is 1. The normalized spacial score (nSPS) is 15.3. The minimum Gasteiger partial charge on any atom is -0.493 e. The Morgan fingerprint density at radius 2 is 1.82 bits per heavy atom. The molecule has 0 saturated heterocycles. The quantitative estimate of drug-likeness (QED) is 0.255. The summed E-state index contributed by atoms with van der Waals surface area (Å²) in [5, 5.41) is 14.0. The maximum Gasteiger partial charge on any atom is 0.227 e. The fourth-order valence-corrected chi connectivity index (χ4v) is 4.52. The Bertz CT molecular complexity index is 998. The summed E-state index contributed by atoms with van der Waals surface area (Å²) in [6.07, 6.45) is 3.90. The Kier molecular flexibility index (Phi) is 13.4. The molecule has 1 amide bonds. The zero-order valence-electron chi connectivity index (χ0n) is 23.2. The van der Waals surface area contributed by atoms with Crippen LogP contribution in [-0.2, 0) is 22.4 Å². The van der Waals surface area contributed by atoms with Crippen LogP contribution < -0.4 is 20.5 Å². The number of benzene rings is 2. The fraction of sp³-hybridized carbons (Fsp3) is 0.567. The number of anilines is 1. The predicted octanol–water partition coefficient (Wildman–Crippen LogP) is 5.02. The molecule has 0 spiro atoms. The third kappa shape index (κ3) is 9.77. The molecule has 3 atom stereocenters. The molecule has 38 heavy (non-hydrogen) atoms. The molecule has 0 bridgehead atoms. The number of nitrogens with one attached hydrogen (secondary N) is 1. The lowest BCUT2D eigenvalue weighted by Crippen LogP contribution is -2.39. The van der Waals surface area contributed by atoms with Crippen LogP contribution in [0.25, 0.3) is 0 Å². The summed E-state index contributed by atoms with van der Waals surface area (Å²) in [5.41, 5.74) is 9.37. The van der Waals surface area contributed by atoms with E-state index < -0.39 is 6.10 Å². The van der Waals surface area contributed by atoms with E-state index >= 15 is 0 Å². The number of nitrogens with two attached hydrogens (primary N) is 1. The second-order valence-electron chi connectivity index (χ2n) is 10.5. The number of aliphatic hydroxyl groups is 1. The van der Waals surface area contributed by atoms with Gasteiger partial charge in [-0.25, -0.2) is 0 Å². The lowest BCUT2D eigenvalue weighted by molar-refractivity contribution is -0.117. The monoisotopic (exact) mass is 548 g/mol. The first-order valence-corrected chi connectivity index (χ1v) is 13.4. The van der Waals surface area contributed by atoms with E-state index in [1.165, 1.54) is 0 Å². The van der Waals surface area contributed by atoms with Crippen molar-refractivity contribution in [2.24, 2.45) is 23.5 Å². The molecule has 0 heterocycles. The van der Waals surface area contributed by atoms with E-state index in [2.05, 4.69) is 25.2 Å². The van der Waals surface area contributed by atoms with Gasteiger partial charge < -0.3 is 30.4 Å². The molecule has 212 valence electrons. The van der Waals surface area contributed by atoms with Gasteiger partial charge in [0.25, 0.3) is 0 Å². The van der Waals surface area contributed by atoms with Gasteiger partial charge in [-0.1, -0.05) is 38.1 Å². The van der Waals surface area contributed by atoms with Crippen LogP contribution in [0.5, 0.6) is 11.5 Å². The van der Waals surface area contributed by atoms with Crippen molar-refractivity contribution in [3.05, 3.63) is 53.6 Å². The number of para-hydroxylation sites is 1. The molecule has 2 aromatic carbocycles. The van der Waals surface area contributed by atoms with Gasteiger partial charge in [0.05, 0.1) is 19.8 Å². The van der Waals surface area contributed by atoms with Gasteiger partial charge in [-0.05, 0) is 66.8 Å². The molecule has 8 heteroatoms. The largest absolute Gasteiger partial charge is 0.493 e. The van der Waals surface area contributed by atoms with Crippen LogP contribution >= 0.6 is 12.4 Å². The third-order valence-corrected chi connectivity index (χ3v) is 7.14. The number of ether oxygens (including phenoxy) is 3. The van der Waals surface area contributed by atoms with Crippen molar-refractivity contribution >= 4 is 24.0 Å². The highest BCUT2D eigenvalue weighted by Gasteiger charge is 2.30. The van der Waals surface area contributed by atoms with Crippen LogP contribution in [0.1, 0.15) is 50.7 Å². The average molecular weight is 549 g/mol. The smallest absolute Gasteiger partial charge is 0.227 e. The standard InChI is InChI=1S/C30H44N2O5.ClH/c1-20(2)24(16-21-10-13-28(36-4)29(17-21)37-15-7-14-35-3)18-25(31)27(33)19-23-8-5-6-9-26(23)32-30(34)22-11-12-22;/h5-6,8-10,13,17,20,22,24-25,27,33H,7,11-12,14-16,18-19,31H2,1-4H3,(H,32,34);1H. The molecule has 1 aliphatic carbocycles. The van der Waals surface area contributed by atoms with Crippen molar-refractivity contribution in [1.29, 1.82) is 0 Å². The predicted molar refractivity (Wildman–Crippen MR) is 154 cm³/mol. The average Bonchev–Trinajstić information content (AvgIpc) is 3.73. The topological polar surface area (TPSA) is 103 Å². The van der Waals surface area contributed by atoms with E-state index in [1.54, 1.807) is 14.2 Å². The highest BCUT2D eigenvalue weighted by atomic mass is 35.5. The third-order valence-electron chi connectivity index (χ3n) is 7.14. The second kappa shape index (κ2) is 15.9. The first-order chi connectivity index (χ1) is 17.8. The van der Waals surface area contributed by atoms with Crippen LogP contribution in [0.2, 0.25) is 0 Å². The molecule has 3 rings (SSSR count). The number of halogens is 1. The van der Waals surface area contributed by atoms with Crippen molar-refractivity contribution in [2.45, 2.75) is 64.5 Å². The van der Waals surface area contributed by atoms with Crippen molar-refractivity contribution in [2.75, 3.05) is 32.8 Å². The molecular formula is C30H45ClN2O5. The Hall–Kier alpha value is -2.32. The van der Waals surface area contributed by atoms with Crippen LogP contribution in [0, 0.1) is 17.8 Å². The number of carbonyl (C=O) groups excluding carboxylic acids is 1. The Labute approximate surface area is 233 Å². The van der Waals surface area contributed by atoms with Gasteiger partial charge in [0, 0.05) is 44.2 Å². The molecule has 1 aliphatic rings. The first kappa shape index (κ1) is 31.9. The summed E-state index contributed by atoms with van der Waals surface area (Å²) < 4.78 is 16.5.